The Balaban J connectivity index is 1.80. The maximum absolute atomic E-state index is 13.0. The van der Waals surface area contributed by atoms with Crippen molar-refractivity contribution < 1.29 is 18.3 Å². The van der Waals surface area contributed by atoms with Gasteiger partial charge in [0.2, 0.25) is 5.91 Å². The van der Waals surface area contributed by atoms with E-state index in [4.69, 9.17) is 4.74 Å². The summed E-state index contributed by atoms with van der Waals surface area (Å²) < 4.78 is 31.4. The van der Waals surface area contributed by atoms with Crippen molar-refractivity contribution in [1.29, 1.82) is 0 Å². The van der Waals surface area contributed by atoms with Crippen molar-refractivity contribution in [2.45, 2.75) is 25.9 Å². The van der Waals surface area contributed by atoms with Crippen molar-refractivity contribution in [2.75, 3.05) is 31.6 Å². The van der Waals surface area contributed by atoms with Gasteiger partial charge in [-0.25, -0.2) is 8.78 Å². The maximum atomic E-state index is 13.0. The second-order valence-corrected chi connectivity index (χ2v) is 5.81. The highest BCUT2D eigenvalue weighted by Crippen LogP contribution is 2.17. The van der Waals surface area contributed by atoms with E-state index >= 15 is 0 Å². The van der Waals surface area contributed by atoms with Crippen LogP contribution < -0.4 is 5.32 Å². The first-order valence-electron chi connectivity index (χ1n) is 6.97. The fourth-order valence-electron chi connectivity index (χ4n) is 2.36. The monoisotopic (exact) mass is 298 g/mol. The van der Waals surface area contributed by atoms with Gasteiger partial charge in [-0.1, -0.05) is 0 Å². The lowest BCUT2D eigenvalue weighted by Crippen LogP contribution is -2.48. The average Bonchev–Trinajstić information content (AvgIpc) is 2.40. The van der Waals surface area contributed by atoms with Gasteiger partial charge in [-0.3, -0.25) is 9.69 Å². The molecule has 4 nitrogen and oxygen atoms in total. The van der Waals surface area contributed by atoms with Crippen LogP contribution in [0, 0.1) is 11.6 Å². The second-order valence-electron chi connectivity index (χ2n) is 5.81. The van der Waals surface area contributed by atoms with Gasteiger partial charge in [-0.15, -0.1) is 0 Å². The molecule has 6 heteroatoms. The lowest BCUT2D eigenvalue weighted by atomic mass is 10.1. The van der Waals surface area contributed by atoms with Crippen LogP contribution in [-0.4, -0.2) is 42.6 Å². The number of nitrogens with zero attached hydrogens (tertiary/aromatic N) is 1. The summed E-state index contributed by atoms with van der Waals surface area (Å²) in [7, 11) is 0. The fourth-order valence-corrected chi connectivity index (χ4v) is 2.36. The van der Waals surface area contributed by atoms with E-state index in [2.05, 4.69) is 10.2 Å². The van der Waals surface area contributed by atoms with Crippen molar-refractivity contribution >= 4 is 11.6 Å². The Hall–Kier alpha value is -1.53. The number of ether oxygens (including phenoxy) is 1. The number of hydrogen-bond acceptors (Lipinski definition) is 3. The third-order valence-corrected chi connectivity index (χ3v) is 3.36. The van der Waals surface area contributed by atoms with Crippen LogP contribution in [0.5, 0.6) is 0 Å². The van der Waals surface area contributed by atoms with Crippen molar-refractivity contribution in [3.8, 4) is 0 Å². The first-order chi connectivity index (χ1) is 9.85. The third kappa shape index (κ3) is 4.75. The van der Waals surface area contributed by atoms with Crippen LogP contribution >= 0.6 is 0 Å². The molecule has 1 aromatic carbocycles. The molecule has 0 spiro atoms. The summed E-state index contributed by atoms with van der Waals surface area (Å²) in [6.45, 7) is 6.86. The average molecular weight is 298 g/mol. The molecule has 1 amide bonds. The molecule has 1 aliphatic rings. The second kappa shape index (κ2) is 6.49. The van der Waals surface area contributed by atoms with Gasteiger partial charge in [0.25, 0.3) is 0 Å². The maximum Gasteiger partial charge on any atom is 0.225 e. The largest absolute Gasteiger partial charge is 0.373 e. The van der Waals surface area contributed by atoms with Gasteiger partial charge in [-0.2, -0.15) is 0 Å². The number of carbonyl (C=O) groups is 1. The van der Waals surface area contributed by atoms with Gasteiger partial charge in [0.1, 0.15) is 0 Å². The Labute approximate surface area is 123 Å². The molecule has 0 aromatic heterocycles. The van der Waals surface area contributed by atoms with Crippen LogP contribution in [-0.2, 0) is 9.53 Å². The zero-order valence-electron chi connectivity index (χ0n) is 12.3. The molecular formula is C15H20F2N2O2. The van der Waals surface area contributed by atoms with Gasteiger partial charge in [0, 0.05) is 37.8 Å². The van der Waals surface area contributed by atoms with E-state index in [0.717, 1.165) is 25.2 Å². The van der Waals surface area contributed by atoms with Gasteiger partial charge in [-0.05, 0) is 26.0 Å². The van der Waals surface area contributed by atoms with Crippen LogP contribution in [0.1, 0.15) is 20.3 Å². The van der Waals surface area contributed by atoms with Crippen LogP contribution in [0.3, 0.4) is 0 Å². The molecule has 116 valence electrons. The molecule has 0 aliphatic carbocycles. The Morgan fingerprint density at radius 2 is 2.14 bits per heavy atom. The van der Waals surface area contributed by atoms with Gasteiger partial charge < -0.3 is 10.1 Å². The van der Waals surface area contributed by atoms with Crippen LogP contribution in [0.2, 0.25) is 0 Å². The van der Waals surface area contributed by atoms with E-state index in [9.17, 15) is 13.6 Å². The Bertz CT molecular complexity index is 520. The number of amides is 1. The first-order valence-corrected chi connectivity index (χ1v) is 6.97. The predicted molar refractivity (Wildman–Crippen MR) is 76.1 cm³/mol. The van der Waals surface area contributed by atoms with Crippen molar-refractivity contribution in [2.24, 2.45) is 0 Å². The molecule has 0 unspecified atom stereocenters. The van der Waals surface area contributed by atoms with Gasteiger partial charge in [0.15, 0.2) is 11.6 Å². The van der Waals surface area contributed by atoms with Gasteiger partial charge in [0.05, 0.1) is 12.2 Å². The number of anilines is 1. The van der Waals surface area contributed by atoms with E-state index in [-0.39, 0.29) is 17.2 Å². The Morgan fingerprint density at radius 3 is 2.81 bits per heavy atom. The zero-order chi connectivity index (χ0) is 15.5. The Morgan fingerprint density at radius 1 is 1.38 bits per heavy atom. The van der Waals surface area contributed by atoms with Crippen LogP contribution in [0.15, 0.2) is 18.2 Å². The van der Waals surface area contributed by atoms with E-state index in [0.29, 0.717) is 19.6 Å². The van der Waals surface area contributed by atoms with Crippen molar-refractivity contribution in [1.82, 2.24) is 4.90 Å². The SMILES string of the molecule is CC1(C)CN(CCC(=O)Nc2ccc(F)c(F)c2)CCO1. The molecule has 1 aromatic rings. The summed E-state index contributed by atoms with van der Waals surface area (Å²) in [5, 5.41) is 2.57. The van der Waals surface area contributed by atoms with Gasteiger partial charge >= 0.3 is 0 Å². The zero-order valence-corrected chi connectivity index (χ0v) is 12.3. The highest BCUT2D eigenvalue weighted by molar-refractivity contribution is 5.90. The third-order valence-electron chi connectivity index (χ3n) is 3.36. The summed E-state index contributed by atoms with van der Waals surface area (Å²) in [6.07, 6.45) is 0.301. The molecule has 0 bridgehead atoms. The van der Waals surface area contributed by atoms with Crippen LogP contribution in [0.25, 0.3) is 0 Å². The molecule has 0 atom stereocenters. The molecule has 1 fully saturated rings. The van der Waals surface area contributed by atoms with E-state index in [1.807, 2.05) is 13.8 Å². The molecule has 1 aliphatic heterocycles. The molecule has 2 rings (SSSR count). The lowest BCUT2D eigenvalue weighted by molar-refractivity contribution is -0.118. The normalized spacial score (nSPS) is 18.5. The highest BCUT2D eigenvalue weighted by atomic mass is 19.2. The number of morpholine rings is 1. The first kappa shape index (κ1) is 15.9. The molecule has 1 saturated heterocycles. The number of halogens is 2. The summed E-state index contributed by atoms with van der Waals surface area (Å²) in [5.74, 6) is -2.11. The minimum atomic E-state index is -0.970. The number of nitrogens with one attached hydrogen (secondary N) is 1. The van der Waals surface area contributed by atoms with Crippen LogP contribution in [0.4, 0.5) is 14.5 Å². The van der Waals surface area contributed by atoms with E-state index < -0.39 is 11.6 Å². The quantitative estimate of drug-likeness (QED) is 0.928. The topological polar surface area (TPSA) is 41.6 Å². The fraction of sp³-hybridized carbons (Fsp3) is 0.533. The molecule has 1 N–H and O–H groups in total. The number of carbonyl (C=O) groups excluding carboxylic acids is 1. The number of rotatable bonds is 4. The Kier molecular flexibility index (Phi) is 4.90. The molecule has 0 saturated carbocycles. The van der Waals surface area contributed by atoms with E-state index in [1.54, 1.807) is 0 Å². The number of hydrogen-bond donors (Lipinski definition) is 1. The molecule has 1 heterocycles. The summed E-state index contributed by atoms with van der Waals surface area (Å²) in [4.78, 5) is 14.0. The highest BCUT2D eigenvalue weighted by Gasteiger charge is 2.27. The minimum absolute atomic E-state index is 0.200. The lowest BCUT2D eigenvalue weighted by Gasteiger charge is -2.38. The standard InChI is InChI=1S/C15H20F2N2O2/c1-15(2)10-19(7-8-21-15)6-5-14(20)18-11-3-4-12(16)13(17)9-11/h3-4,9H,5-8,10H2,1-2H3,(H,18,20). The smallest absolute Gasteiger partial charge is 0.225 e. The van der Waals surface area contributed by atoms with Crippen molar-refractivity contribution in [3.05, 3.63) is 29.8 Å². The summed E-state index contributed by atoms with van der Waals surface area (Å²) in [5.41, 5.74) is 0.0654. The van der Waals surface area contributed by atoms with Crippen molar-refractivity contribution in [3.63, 3.8) is 0 Å². The summed E-state index contributed by atoms with van der Waals surface area (Å²) in [6, 6.07) is 3.31. The number of benzene rings is 1. The molecule has 0 radical (unpaired) electrons. The van der Waals surface area contributed by atoms with E-state index in [1.165, 1.54) is 6.07 Å². The minimum Gasteiger partial charge on any atom is -0.373 e. The summed E-state index contributed by atoms with van der Waals surface area (Å²) >= 11 is 0. The molecular weight excluding hydrogens is 278 g/mol. The molecule has 21 heavy (non-hydrogen) atoms. The predicted octanol–water partition coefficient (Wildman–Crippen LogP) is 2.40.